The highest BCUT2D eigenvalue weighted by Crippen LogP contribution is 2.37. The molecule has 1 heterocycles. The van der Waals surface area contributed by atoms with Crippen LogP contribution < -0.4 is 0 Å². The number of ketones is 1. The van der Waals surface area contributed by atoms with Gasteiger partial charge in [-0.25, -0.2) is 9.78 Å². The van der Waals surface area contributed by atoms with Gasteiger partial charge < -0.3 is 9.84 Å². The third kappa shape index (κ3) is 5.58. The van der Waals surface area contributed by atoms with Crippen molar-refractivity contribution in [2.75, 3.05) is 12.9 Å². The van der Waals surface area contributed by atoms with Crippen molar-refractivity contribution in [3.05, 3.63) is 64.0 Å². The summed E-state index contributed by atoms with van der Waals surface area (Å²) in [5.41, 5.74) is 4.98. The van der Waals surface area contributed by atoms with E-state index in [-0.39, 0.29) is 17.5 Å². The molecular formula is C26H31NO5S. The van der Waals surface area contributed by atoms with Crippen LogP contribution in [0.25, 0.3) is 5.57 Å². The Morgan fingerprint density at radius 2 is 1.85 bits per heavy atom. The molecule has 1 N–H and O–H groups in total. The number of aromatic nitrogens is 1. The number of pyridine rings is 1. The lowest BCUT2D eigenvalue weighted by molar-refractivity contribution is -0.115. The van der Waals surface area contributed by atoms with E-state index in [1.54, 1.807) is 6.07 Å². The molecule has 33 heavy (non-hydrogen) atoms. The van der Waals surface area contributed by atoms with E-state index in [9.17, 15) is 18.9 Å². The van der Waals surface area contributed by atoms with Gasteiger partial charge in [0, 0.05) is 24.8 Å². The van der Waals surface area contributed by atoms with Gasteiger partial charge >= 0.3 is 5.97 Å². The Bertz CT molecular complexity index is 1080. The van der Waals surface area contributed by atoms with Crippen LogP contribution >= 0.6 is 0 Å². The van der Waals surface area contributed by atoms with E-state index in [2.05, 4.69) is 35.7 Å². The van der Waals surface area contributed by atoms with Gasteiger partial charge in [-0.05, 0) is 60.9 Å². The summed E-state index contributed by atoms with van der Waals surface area (Å²) in [4.78, 5) is 28.8. The maximum Gasteiger partial charge on any atom is 0.339 e. The summed E-state index contributed by atoms with van der Waals surface area (Å²) >= 11 is 0. The first kappa shape index (κ1) is 24.8. The van der Waals surface area contributed by atoms with Crippen molar-refractivity contribution in [1.29, 1.82) is 0 Å². The van der Waals surface area contributed by atoms with Crippen molar-refractivity contribution in [2.24, 2.45) is 5.92 Å². The Kier molecular flexibility index (Phi) is 8.19. The van der Waals surface area contributed by atoms with Crippen LogP contribution in [0.15, 0.2) is 41.2 Å². The Balaban J connectivity index is 1.73. The number of benzene rings is 1. The number of esters is 1. The van der Waals surface area contributed by atoms with Crippen molar-refractivity contribution in [1.82, 2.24) is 4.98 Å². The molecule has 0 amide bonds. The molecule has 2 atom stereocenters. The van der Waals surface area contributed by atoms with Crippen LogP contribution in [-0.2, 0) is 33.2 Å². The monoisotopic (exact) mass is 469 g/mol. The van der Waals surface area contributed by atoms with E-state index in [1.165, 1.54) is 19.4 Å². The fourth-order valence-corrected chi connectivity index (χ4v) is 5.56. The Morgan fingerprint density at radius 3 is 2.36 bits per heavy atom. The van der Waals surface area contributed by atoms with Gasteiger partial charge in [0.15, 0.2) is 5.78 Å². The zero-order chi connectivity index (χ0) is 24.1. The van der Waals surface area contributed by atoms with Gasteiger partial charge in [-0.1, -0.05) is 31.5 Å². The number of ether oxygens (including phenoxy) is 1. The number of aliphatic hydroxyl groups is 1. The van der Waals surface area contributed by atoms with Crippen molar-refractivity contribution >= 4 is 28.1 Å². The van der Waals surface area contributed by atoms with Crippen LogP contribution in [0.4, 0.5) is 0 Å². The molecule has 2 unspecified atom stereocenters. The first-order chi connectivity index (χ1) is 15.8. The molecule has 0 aliphatic heterocycles. The molecule has 3 rings (SSSR count). The van der Waals surface area contributed by atoms with Gasteiger partial charge in [0.1, 0.15) is 10.8 Å². The summed E-state index contributed by atoms with van der Waals surface area (Å²) in [5.74, 6) is -0.153. The highest BCUT2D eigenvalue weighted by molar-refractivity contribution is 7.84. The van der Waals surface area contributed by atoms with Gasteiger partial charge in [0.2, 0.25) is 0 Å². The molecule has 1 aliphatic carbocycles. The van der Waals surface area contributed by atoms with Crippen LogP contribution in [0.1, 0.15) is 65.7 Å². The molecule has 1 aromatic heterocycles. The van der Waals surface area contributed by atoms with E-state index in [0.717, 1.165) is 35.1 Å². The molecule has 0 radical (unpaired) electrons. The second-order valence-corrected chi connectivity index (χ2v) is 9.92. The number of hydrogen-bond donors (Lipinski definition) is 1. The minimum absolute atomic E-state index is 0.0525. The number of carbonyl (C=O) groups excluding carboxylic acids is 2. The molecule has 0 saturated carbocycles. The third-order valence-corrected chi connectivity index (χ3v) is 7.40. The van der Waals surface area contributed by atoms with E-state index in [4.69, 9.17) is 0 Å². The standard InChI is InChI=1S/C26H31NO5S/c1-5-18-11-16(3)12-19(6-2)24(18)25-21(28)13-17(14-22(25)29)9-10-33(31)23-8-7-20(15-27-23)26(30)32-4/h7-8,11-12,15,17,28H,5-6,9-10,13-14H2,1-4H3. The number of methoxy groups -OCH3 is 1. The molecular weight excluding hydrogens is 438 g/mol. The minimum atomic E-state index is -1.36. The summed E-state index contributed by atoms with van der Waals surface area (Å²) in [6.45, 7) is 6.17. The highest BCUT2D eigenvalue weighted by atomic mass is 32.2. The fourth-order valence-electron chi connectivity index (χ4n) is 4.41. The van der Waals surface area contributed by atoms with Crippen molar-refractivity contribution in [2.45, 2.75) is 57.9 Å². The number of hydrogen-bond acceptors (Lipinski definition) is 6. The van der Waals surface area contributed by atoms with E-state index in [0.29, 0.717) is 41.2 Å². The minimum Gasteiger partial charge on any atom is -0.512 e. The van der Waals surface area contributed by atoms with Crippen molar-refractivity contribution < 1.29 is 23.6 Å². The Morgan fingerprint density at radius 1 is 1.18 bits per heavy atom. The van der Waals surface area contributed by atoms with Crippen LogP contribution in [0.2, 0.25) is 0 Å². The van der Waals surface area contributed by atoms with Gasteiger partial charge in [-0.3, -0.25) is 9.00 Å². The van der Waals surface area contributed by atoms with Crippen molar-refractivity contribution in [3.8, 4) is 0 Å². The topological polar surface area (TPSA) is 93.6 Å². The molecule has 2 aromatic rings. The van der Waals surface area contributed by atoms with Crippen LogP contribution in [-0.4, -0.2) is 38.9 Å². The smallest absolute Gasteiger partial charge is 0.339 e. The van der Waals surface area contributed by atoms with E-state index in [1.807, 2.05) is 6.92 Å². The largest absolute Gasteiger partial charge is 0.512 e. The maximum absolute atomic E-state index is 13.1. The zero-order valence-corrected chi connectivity index (χ0v) is 20.5. The maximum atomic E-state index is 13.1. The normalized spacial score (nSPS) is 17.2. The predicted octanol–water partition coefficient (Wildman–Crippen LogP) is 4.75. The molecule has 1 aromatic carbocycles. The van der Waals surface area contributed by atoms with Crippen LogP contribution in [0.3, 0.4) is 0 Å². The number of allylic oxidation sites excluding steroid dienone is 2. The molecule has 0 saturated heterocycles. The second-order valence-electron chi connectivity index (χ2n) is 8.40. The molecule has 0 spiro atoms. The summed E-state index contributed by atoms with van der Waals surface area (Å²) < 4.78 is 17.3. The molecule has 176 valence electrons. The second kappa shape index (κ2) is 10.9. The van der Waals surface area contributed by atoms with Gasteiger partial charge in [-0.2, -0.15) is 0 Å². The summed E-state index contributed by atoms with van der Waals surface area (Å²) in [6, 6.07) is 7.28. The average molecular weight is 470 g/mol. The zero-order valence-electron chi connectivity index (χ0n) is 19.6. The van der Waals surface area contributed by atoms with Crippen LogP contribution in [0.5, 0.6) is 0 Å². The highest BCUT2D eigenvalue weighted by Gasteiger charge is 2.31. The third-order valence-electron chi connectivity index (χ3n) is 6.08. The average Bonchev–Trinajstić information content (AvgIpc) is 2.82. The molecule has 0 bridgehead atoms. The number of aliphatic hydroxyl groups excluding tert-OH is 1. The first-order valence-electron chi connectivity index (χ1n) is 11.3. The predicted molar refractivity (Wildman–Crippen MR) is 129 cm³/mol. The van der Waals surface area contributed by atoms with Gasteiger partial charge in [0.05, 0.1) is 29.0 Å². The van der Waals surface area contributed by atoms with Gasteiger partial charge in [-0.15, -0.1) is 0 Å². The summed E-state index contributed by atoms with van der Waals surface area (Å²) in [5, 5.41) is 11.3. The van der Waals surface area contributed by atoms with Crippen LogP contribution in [0, 0.1) is 12.8 Å². The summed E-state index contributed by atoms with van der Waals surface area (Å²) in [7, 11) is -0.0690. The number of aryl methyl sites for hydroxylation is 3. The molecule has 0 fully saturated rings. The summed E-state index contributed by atoms with van der Waals surface area (Å²) in [6.07, 6.45) is 4.18. The Hall–Kier alpha value is -2.80. The number of carbonyl (C=O) groups is 2. The lowest BCUT2D eigenvalue weighted by Gasteiger charge is -2.26. The SMILES string of the molecule is CCc1cc(C)cc(CC)c1C1=C(O)CC(CCS(=O)c2ccc(C(=O)OC)cn2)CC1=O. The van der Waals surface area contributed by atoms with Crippen molar-refractivity contribution in [3.63, 3.8) is 0 Å². The number of rotatable bonds is 8. The lowest BCUT2D eigenvalue weighted by Crippen LogP contribution is -2.22. The molecule has 7 heteroatoms. The van der Waals surface area contributed by atoms with Gasteiger partial charge in [0.25, 0.3) is 0 Å². The number of Topliss-reactive ketones (excluding diaryl/α,β-unsaturated/α-hetero) is 1. The van der Waals surface area contributed by atoms with E-state index >= 15 is 0 Å². The molecule has 1 aliphatic rings. The number of nitrogens with zero attached hydrogens (tertiary/aromatic N) is 1. The fraction of sp³-hybridized carbons (Fsp3) is 0.423. The Labute approximate surface area is 197 Å². The lowest BCUT2D eigenvalue weighted by atomic mass is 9.79. The molecule has 6 nitrogen and oxygen atoms in total. The first-order valence-corrected chi connectivity index (χ1v) is 12.6. The van der Waals surface area contributed by atoms with E-state index < -0.39 is 16.8 Å². The quantitative estimate of drug-likeness (QED) is 0.561.